The third-order valence-corrected chi connectivity index (χ3v) is 5.72. The Hall–Kier alpha value is -0.870. The number of aryl methyl sites for hydroxylation is 2. The number of halogens is 2. The van der Waals surface area contributed by atoms with Crippen molar-refractivity contribution in [1.82, 2.24) is 0 Å². The van der Waals surface area contributed by atoms with E-state index < -0.39 is 10.8 Å². The van der Waals surface area contributed by atoms with E-state index in [0.717, 1.165) is 16.7 Å². The smallest absolute Gasteiger partial charge is 0.0761 e. The van der Waals surface area contributed by atoms with Crippen LogP contribution >= 0.6 is 23.2 Å². The fourth-order valence-electron chi connectivity index (χ4n) is 2.20. The molecule has 5 heteroatoms. The Morgan fingerprint density at radius 1 is 1.14 bits per heavy atom. The molecule has 2 atom stereocenters. The van der Waals surface area contributed by atoms with Crippen molar-refractivity contribution in [2.75, 3.05) is 5.75 Å². The highest BCUT2D eigenvalue weighted by Crippen LogP contribution is 2.29. The van der Waals surface area contributed by atoms with E-state index >= 15 is 0 Å². The molecule has 2 aromatic carbocycles. The van der Waals surface area contributed by atoms with Crippen LogP contribution in [0.15, 0.2) is 41.3 Å². The first-order chi connectivity index (χ1) is 9.90. The van der Waals surface area contributed by atoms with Crippen LogP contribution in [0.1, 0.15) is 22.7 Å². The summed E-state index contributed by atoms with van der Waals surface area (Å²) in [5, 5.41) is 0.822. The SMILES string of the molecule is Cc1ccc(C)c(C(N)CS(=O)c2c(Cl)cccc2Cl)c1. The highest BCUT2D eigenvalue weighted by Gasteiger charge is 2.18. The van der Waals surface area contributed by atoms with E-state index in [4.69, 9.17) is 28.9 Å². The van der Waals surface area contributed by atoms with Crippen LogP contribution < -0.4 is 5.73 Å². The topological polar surface area (TPSA) is 43.1 Å². The lowest BCUT2D eigenvalue weighted by molar-refractivity contribution is 0.675. The van der Waals surface area contributed by atoms with E-state index in [1.165, 1.54) is 0 Å². The van der Waals surface area contributed by atoms with Crippen molar-refractivity contribution in [3.63, 3.8) is 0 Å². The monoisotopic (exact) mass is 341 g/mol. The Labute approximate surface area is 137 Å². The van der Waals surface area contributed by atoms with E-state index in [-0.39, 0.29) is 11.8 Å². The number of rotatable bonds is 4. The Bertz CT molecular complexity index is 668. The first kappa shape index (κ1) is 16.5. The molecule has 0 aromatic heterocycles. The Morgan fingerprint density at radius 2 is 1.76 bits per heavy atom. The van der Waals surface area contributed by atoms with Crippen LogP contribution in [0.3, 0.4) is 0 Å². The van der Waals surface area contributed by atoms with Gasteiger partial charge < -0.3 is 5.73 Å². The second kappa shape index (κ2) is 6.93. The van der Waals surface area contributed by atoms with Gasteiger partial charge in [-0.25, -0.2) is 0 Å². The number of hydrogen-bond donors (Lipinski definition) is 1. The van der Waals surface area contributed by atoms with Gasteiger partial charge >= 0.3 is 0 Å². The van der Waals surface area contributed by atoms with Crippen molar-refractivity contribution in [1.29, 1.82) is 0 Å². The third-order valence-electron chi connectivity index (χ3n) is 3.31. The summed E-state index contributed by atoms with van der Waals surface area (Å²) >= 11 is 12.2. The summed E-state index contributed by atoms with van der Waals surface area (Å²) in [5.74, 6) is 0.285. The second-order valence-corrected chi connectivity index (χ2v) is 7.28. The molecule has 2 unspecified atom stereocenters. The molecule has 2 N–H and O–H groups in total. The van der Waals surface area contributed by atoms with Crippen LogP contribution in [0.25, 0.3) is 0 Å². The van der Waals surface area contributed by atoms with Gasteiger partial charge in [0, 0.05) is 11.8 Å². The minimum atomic E-state index is -1.34. The lowest BCUT2D eigenvalue weighted by atomic mass is 10.0. The highest BCUT2D eigenvalue weighted by molar-refractivity contribution is 7.85. The summed E-state index contributed by atoms with van der Waals surface area (Å²) in [4.78, 5) is 0.460. The molecule has 0 saturated heterocycles. The average molecular weight is 342 g/mol. The van der Waals surface area contributed by atoms with Crippen LogP contribution in [0.2, 0.25) is 10.0 Å². The molecular weight excluding hydrogens is 325 g/mol. The van der Waals surface area contributed by atoms with E-state index in [0.29, 0.717) is 14.9 Å². The normalized spacial score (nSPS) is 14.0. The van der Waals surface area contributed by atoms with Crippen molar-refractivity contribution >= 4 is 34.0 Å². The predicted molar refractivity (Wildman–Crippen MR) is 90.6 cm³/mol. The van der Waals surface area contributed by atoms with Gasteiger partial charge in [0.25, 0.3) is 0 Å². The van der Waals surface area contributed by atoms with Crippen LogP contribution in [0.5, 0.6) is 0 Å². The van der Waals surface area contributed by atoms with E-state index in [2.05, 4.69) is 0 Å². The molecule has 21 heavy (non-hydrogen) atoms. The van der Waals surface area contributed by atoms with Gasteiger partial charge in [-0.2, -0.15) is 0 Å². The summed E-state index contributed by atoms with van der Waals surface area (Å²) in [5.41, 5.74) is 9.45. The zero-order valence-corrected chi connectivity index (χ0v) is 14.2. The van der Waals surface area contributed by atoms with Crippen LogP contribution in [0, 0.1) is 13.8 Å². The van der Waals surface area contributed by atoms with Gasteiger partial charge in [-0.05, 0) is 37.1 Å². The number of nitrogens with two attached hydrogens (primary N) is 1. The maximum atomic E-state index is 12.5. The molecule has 2 rings (SSSR count). The first-order valence-electron chi connectivity index (χ1n) is 6.55. The van der Waals surface area contributed by atoms with Gasteiger partial charge in [0.1, 0.15) is 0 Å². The second-order valence-electron chi connectivity index (χ2n) is 5.03. The van der Waals surface area contributed by atoms with Crippen molar-refractivity contribution in [2.24, 2.45) is 5.73 Å². The molecule has 112 valence electrons. The molecule has 0 radical (unpaired) electrons. The maximum absolute atomic E-state index is 12.5. The van der Waals surface area contributed by atoms with Gasteiger partial charge in [-0.3, -0.25) is 4.21 Å². The molecule has 0 spiro atoms. The van der Waals surface area contributed by atoms with Gasteiger partial charge in [-0.1, -0.05) is 53.0 Å². The van der Waals surface area contributed by atoms with Gasteiger partial charge in [0.2, 0.25) is 0 Å². The maximum Gasteiger partial charge on any atom is 0.0761 e. The van der Waals surface area contributed by atoms with Crippen molar-refractivity contribution in [3.05, 3.63) is 63.1 Å². The molecule has 2 nitrogen and oxygen atoms in total. The molecule has 0 bridgehead atoms. The van der Waals surface area contributed by atoms with Gasteiger partial charge in [-0.15, -0.1) is 0 Å². The van der Waals surface area contributed by atoms with Crippen LogP contribution in [-0.2, 0) is 10.8 Å². The first-order valence-corrected chi connectivity index (χ1v) is 8.62. The van der Waals surface area contributed by atoms with E-state index in [1.54, 1.807) is 18.2 Å². The summed E-state index contributed by atoms with van der Waals surface area (Å²) in [6, 6.07) is 10.9. The van der Waals surface area contributed by atoms with E-state index in [1.807, 2.05) is 32.0 Å². The quantitative estimate of drug-likeness (QED) is 0.894. The molecule has 0 saturated carbocycles. The minimum absolute atomic E-state index is 0.285. The predicted octanol–water partition coefficient (Wildman–Crippen LogP) is 4.42. The van der Waals surface area contributed by atoms with E-state index in [9.17, 15) is 4.21 Å². The Morgan fingerprint density at radius 3 is 2.38 bits per heavy atom. The lowest BCUT2D eigenvalue weighted by Gasteiger charge is -2.16. The van der Waals surface area contributed by atoms with Crippen molar-refractivity contribution < 1.29 is 4.21 Å². The fraction of sp³-hybridized carbons (Fsp3) is 0.250. The van der Waals surface area contributed by atoms with Crippen molar-refractivity contribution in [3.8, 4) is 0 Å². The molecule has 0 heterocycles. The summed E-state index contributed by atoms with van der Waals surface area (Å²) in [6.07, 6.45) is 0. The Kier molecular flexibility index (Phi) is 5.44. The average Bonchev–Trinajstić information content (AvgIpc) is 2.41. The highest BCUT2D eigenvalue weighted by atomic mass is 35.5. The molecule has 0 fully saturated rings. The van der Waals surface area contributed by atoms with Crippen LogP contribution in [0.4, 0.5) is 0 Å². The molecule has 0 amide bonds. The lowest BCUT2D eigenvalue weighted by Crippen LogP contribution is -2.20. The molecule has 0 aliphatic heterocycles. The zero-order valence-electron chi connectivity index (χ0n) is 11.9. The molecule has 2 aromatic rings. The summed E-state index contributed by atoms with van der Waals surface area (Å²) in [6.45, 7) is 4.01. The Balaban J connectivity index is 2.25. The fourth-order valence-corrected chi connectivity index (χ4v) is 4.35. The van der Waals surface area contributed by atoms with Crippen molar-refractivity contribution in [2.45, 2.75) is 24.8 Å². The summed E-state index contributed by atoms with van der Waals surface area (Å²) in [7, 11) is -1.34. The zero-order chi connectivity index (χ0) is 15.6. The van der Waals surface area contributed by atoms with Gasteiger partial charge in [0.15, 0.2) is 0 Å². The third kappa shape index (κ3) is 3.86. The minimum Gasteiger partial charge on any atom is -0.323 e. The largest absolute Gasteiger partial charge is 0.323 e. The standard InChI is InChI=1S/C16H17Cl2NOS/c1-10-6-7-11(2)12(8-10)15(19)9-21(20)16-13(17)4-3-5-14(16)18/h3-8,15H,9,19H2,1-2H3. The number of hydrogen-bond acceptors (Lipinski definition) is 2. The molecule has 0 aliphatic rings. The molecular formula is C16H17Cl2NOS. The number of benzene rings is 2. The van der Waals surface area contributed by atoms with Crippen LogP contribution in [-0.4, -0.2) is 9.96 Å². The summed E-state index contributed by atoms with van der Waals surface area (Å²) < 4.78 is 12.5. The van der Waals surface area contributed by atoms with Gasteiger partial charge in [0.05, 0.1) is 25.7 Å². The molecule has 0 aliphatic carbocycles.